The lowest BCUT2D eigenvalue weighted by Gasteiger charge is -2.30. The second kappa shape index (κ2) is 3.31. The molecule has 1 aliphatic heterocycles. The van der Waals surface area contributed by atoms with E-state index < -0.39 is 6.09 Å². The number of carboxylic acid groups (broad SMARTS) is 1. The van der Waals surface area contributed by atoms with Gasteiger partial charge in [-0.2, -0.15) is 0 Å². The fraction of sp³-hybridized carbons (Fsp3) is 0.875. The lowest BCUT2D eigenvalue weighted by atomic mass is 9.87. The van der Waals surface area contributed by atoms with E-state index in [4.69, 9.17) is 5.11 Å². The summed E-state index contributed by atoms with van der Waals surface area (Å²) in [5, 5.41) is 14.3. The van der Waals surface area contributed by atoms with Crippen molar-refractivity contribution in [2.24, 2.45) is 5.92 Å². The van der Waals surface area contributed by atoms with Crippen molar-refractivity contribution in [3.05, 3.63) is 0 Å². The number of rotatable bonds is 2. The second-order valence-electron chi connectivity index (χ2n) is 3.84. The molecular weight excluding hydrogens is 156 g/mol. The van der Waals surface area contributed by atoms with E-state index in [1.807, 2.05) is 13.8 Å². The van der Waals surface area contributed by atoms with Crippen molar-refractivity contribution in [2.45, 2.75) is 25.8 Å². The summed E-state index contributed by atoms with van der Waals surface area (Å²) in [5.74, 6) is 0.411. The predicted octanol–water partition coefficient (Wildman–Crippen LogP) is 0.642. The third kappa shape index (κ3) is 2.11. The summed E-state index contributed by atoms with van der Waals surface area (Å²) < 4.78 is 0. The van der Waals surface area contributed by atoms with Crippen LogP contribution in [-0.2, 0) is 0 Å². The Morgan fingerprint density at radius 2 is 2.33 bits per heavy atom. The minimum Gasteiger partial charge on any atom is -0.465 e. The smallest absolute Gasteiger partial charge is 0.405 e. The highest BCUT2D eigenvalue weighted by molar-refractivity contribution is 5.65. The van der Waals surface area contributed by atoms with Gasteiger partial charge in [-0.25, -0.2) is 4.79 Å². The zero-order valence-electron chi connectivity index (χ0n) is 7.55. The Bertz CT molecular complexity index is 174. The molecule has 70 valence electrons. The Hall–Kier alpha value is -0.770. The molecule has 0 aromatic carbocycles. The standard InChI is InChI=1S/C8H16N2O2/c1-8(2,10-7(11)12)6-3-4-9-5-6/h6,9-10H,3-5H2,1-2H3,(H,11,12)/t6-/m0/s1. The lowest BCUT2D eigenvalue weighted by Crippen LogP contribution is -2.49. The van der Waals surface area contributed by atoms with Gasteiger partial charge in [0.25, 0.3) is 0 Å². The first-order chi connectivity index (χ1) is 5.52. The Kier molecular flexibility index (Phi) is 2.57. The van der Waals surface area contributed by atoms with Gasteiger partial charge in [0.1, 0.15) is 0 Å². The van der Waals surface area contributed by atoms with Gasteiger partial charge in [0, 0.05) is 12.1 Å². The van der Waals surface area contributed by atoms with Crippen LogP contribution >= 0.6 is 0 Å². The van der Waals surface area contributed by atoms with E-state index >= 15 is 0 Å². The van der Waals surface area contributed by atoms with Crippen molar-refractivity contribution in [1.82, 2.24) is 10.6 Å². The van der Waals surface area contributed by atoms with Crippen molar-refractivity contribution in [3.63, 3.8) is 0 Å². The second-order valence-corrected chi connectivity index (χ2v) is 3.84. The van der Waals surface area contributed by atoms with Crippen molar-refractivity contribution >= 4 is 6.09 Å². The molecule has 0 aliphatic carbocycles. The van der Waals surface area contributed by atoms with Gasteiger partial charge in [-0.05, 0) is 32.7 Å². The molecule has 1 fully saturated rings. The Labute approximate surface area is 72.3 Å². The maximum absolute atomic E-state index is 10.4. The maximum Gasteiger partial charge on any atom is 0.405 e. The third-order valence-electron chi connectivity index (χ3n) is 2.51. The summed E-state index contributed by atoms with van der Waals surface area (Å²) in [4.78, 5) is 10.4. The van der Waals surface area contributed by atoms with E-state index in [0.717, 1.165) is 19.5 Å². The molecule has 1 saturated heterocycles. The number of carbonyl (C=O) groups is 1. The molecule has 1 rings (SSSR count). The molecule has 0 saturated carbocycles. The van der Waals surface area contributed by atoms with Gasteiger partial charge in [-0.1, -0.05) is 0 Å². The molecule has 4 heteroatoms. The summed E-state index contributed by atoms with van der Waals surface area (Å²) in [6.45, 7) is 5.76. The highest BCUT2D eigenvalue weighted by Crippen LogP contribution is 2.22. The van der Waals surface area contributed by atoms with Crippen LogP contribution in [0, 0.1) is 5.92 Å². The molecule has 1 aliphatic rings. The summed E-state index contributed by atoms with van der Waals surface area (Å²) in [6.07, 6.45) is 0.111. The Morgan fingerprint density at radius 3 is 2.75 bits per heavy atom. The molecular formula is C8H16N2O2. The van der Waals surface area contributed by atoms with E-state index in [0.29, 0.717) is 5.92 Å². The van der Waals surface area contributed by atoms with E-state index in [1.165, 1.54) is 0 Å². The van der Waals surface area contributed by atoms with Gasteiger partial charge in [-0.3, -0.25) is 0 Å². The van der Waals surface area contributed by atoms with Gasteiger partial charge in [0.15, 0.2) is 0 Å². The van der Waals surface area contributed by atoms with E-state index in [9.17, 15) is 4.79 Å². The van der Waals surface area contributed by atoms with E-state index in [-0.39, 0.29) is 5.54 Å². The molecule has 4 nitrogen and oxygen atoms in total. The SMILES string of the molecule is CC(C)(NC(=O)O)[C@H]1CCNC1. The average molecular weight is 172 g/mol. The van der Waals surface area contributed by atoms with Gasteiger partial charge in [-0.15, -0.1) is 0 Å². The van der Waals surface area contributed by atoms with Crippen LogP contribution in [0.5, 0.6) is 0 Å². The van der Waals surface area contributed by atoms with Crippen LogP contribution in [0.1, 0.15) is 20.3 Å². The Balaban J connectivity index is 2.50. The molecule has 0 aromatic heterocycles. The van der Waals surface area contributed by atoms with Gasteiger partial charge >= 0.3 is 6.09 Å². The van der Waals surface area contributed by atoms with Crippen LogP contribution in [0.3, 0.4) is 0 Å². The molecule has 3 N–H and O–H groups in total. The Morgan fingerprint density at radius 1 is 1.67 bits per heavy atom. The fourth-order valence-electron chi connectivity index (χ4n) is 1.65. The van der Waals surface area contributed by atoms with Gasteiger partial charge < -0.3 is 15.7 Å². The summed E-state index contributed by atoms with van der Waals surface area (Å²) in [5.41, 5.74) is -0.310. The van der Waals surface area contributed by atoms with Gasteiger partial charge in [0.2, 0.25) is 0 Å². The first kappa shape index (κ1) is 9.32. The van der Waals surface area contributed by atoms with Crippen LogP contribution in [0.15, 0.2) is 0 Å². The monoisotopic (exact) mass is 172 g/mol. The molecule has 0 bridgehead atoms. The number of hydrogen-bond acceptors (Lipinski definition) is 2. The van der Waals surface area contributed by atoms with Crippen LogP contribution in [0.4, 0.5) is 4.79 Å². The topological polar surface area (TPSA) is 61.4 Å². The van der Waals surface area contributed by atoms with Crippen molar-refractivity contribution in [3.8, 4) is 0 Å². The highest BCUT2D eigenvalue weighted by Gasteiger charge is 2.32. The molecule has 1 heterocycles. The average Bonchev–Trinajstić information content (AvgIpc) is 2.32. The third-order valence-corrected chi connectivity index (χ3v) is 2.51. The largest absolute Gasteiger partial charge is 0.465 e. The fourth-order valence-corrected chi connectivity index (χ4v) is 1.65. The molecule has 1 atom stereocenters. The molecule has 12 heavy (non-hydrogen) atoms. The molecule has 0 aromatic rings. The van der Waals surface area contributed by atoms with Crippen LogP contribution in [0.2, 0.25) is 0 Å². The molecule has 0 radical (unpaired) electrons. The van der Waals surface area contributed by atoms with Crippen LogP contribution in [0.25, 0.3) is 0 Å². The first-order valence-corrected chi connectivity index (χ1v) is 4.24. The predicted molar refractivity (Wildman–Crippen MR) is 46.2 cm³/mol. The number of hydrogen-bond donors (Lipinski definition) is 3. The quantitative estimate of drug-likeness (QED) is 0.573. The van der Waals surface area contributed by atoms with E-state index in [2.05, 4.69) is 10.6 Å². The minimum absolute atomic E-state index is 0.310. The number of amides is 1. The normalized spacial score (nSPS) is 24.0. The zero-order valence-corrected chi connectivity index (χ0v) is 7.55. The zero-order chi connectivity index (χ0) is 9.19. The van der Waals surface area contributed by atoms with Gasteiger partial charge in [0.05, 0.1) is 0 Å². The summed E-state index contributed by atoms with van der Waals surface area (Å²) >= 11 is 0. The lowest BCUT2D eigenvalue weighted by molar-refractivity contribution is 0.170. The first-order valence-electron chi connectivity index (χ1n) is 4.24. The minimum atomic E-state index is -0.938. The molecule has 0 spiro atoms. The van der Waals surface area contributed by atoms with Crippen LogP contribution in [-0.4, -0.2) is 29.8 Å². The van der Waals surface area contributed by atoms with E-state index in [1.54, 1.807) is 0 Å². The van der Waals surface area contributed by atoms with Crippen molar-refractivity contribution in [2.75, 3.05) is 13.1 Å². The molecule has 0 unspecified atom stereocenters. The summed E-state index contributed by atoms with van der Waals surface area (Å²) in [7, 11) is 0. The number of nitrogens with one attached hydrogen (secondary N) is 2. The highest BCUT2D eigenvalue weighted by atomic mass is 16.4. The molecule has 1 amide bonds. The van der Waals surface area contributed by atoms with Crippen molar-refractivity contribution in [1.29, 1.82) is 0 Å². The maximum atomic E-state index is 10.4. The van der Waals surface area contributed by atoms with Crippen LogP contribution < -0.4 is 10.6 Å². The van der Waals surface area contributed by atoms with Crippen molar-refractivity contribution < 1.29 is 9.90 Å². The summed E-state index contributed by atoms with van der Waals surface area (Å²) in [6, 6.07) is 0.